The van der Waals surface area contributed by atoms with Crippen LogP contribution in [0.5, 0.6) is 5.75 Å². The summed E-state index contributed by atoms with van der Waals surface area (Å²) >= 11 is 0. The van der Waals surface area contributed by atoms with Gasteiger partial charge in [0, 0.05) is 6.20 Å². The minimum Gasteiger partial charge on any atom is -0.484 e. The van der Waals surface area contributed by atoms with Crippen LogP contribution < -0.4 is 4.74 Å². The van der Waals surface area contributed by atoms with E-state index in [1.54, 1.807) is 6.20 Å². The molecule has 2 heterocycles. The molecule has 0 N–H and O–H groups in total. The van der Waals surface area contributed by atoms with Gasteiger partial charge >= 0.3 is 0 Å². The van der Waals surface area contributed by atoms with Crippen molar-refractivity contribution in [3.8, 4) is 5.75 Å². The van der Waals surface area contributed by atoms with Crippen molar-refractivity contribution in [1.82, 2.24) is 9.97 Å². The topological polar surface area (TPSA) is 48.2 Å². The average molecular weight is 254 g/mol. The van der Waals surface area contributed by atoms with Crippen molar-refractivity contribution in [2.45, 2.75) is 20.0 Å². The Morgan fingerprint density at radius 2 is 2.16 bits per heavy atom. The zero-order valence-electron chi connectivity index (χ0n) is 10.7. The second-order valence-corrected chi connectivity index (χ2v) is 4.22. The fourth-order valence-corrected chi connectivity index (χ4v) is 1.88. The molecular weight excluding hydrogens is 240 g/mol. The summed E-state index contributed by atoms with van der Waals surface area (Å²) in [6.45, 7) is 2.43. The SMILES string of the molecule is CCc1cccc(OCc2nc3ncccc3o2)c1. The summed E-state index contributed by atoms with van der Waals surface area (Å²) in [5.41, 5.74) is 2.54. The molecule has 3 rings (SSSR count). The number of rotatable bonds is 4. The van der Waals surface area contributed by atoms with Crippen LogP contribution in [-0.4, -0.2) is 9.97 Å². The number of aryl methyl sites for hydroxylation is 1. The van der Waals surface area contributed by atoms with Gasteiger partial charge in [0.15, 0.2) is 17.8 Å². The van der Waals surface area contributed by atoms with Crippen LogP contribution in [0.15, 0.2) is 47.0 Å². The first-order valence-corrected chi connectivity index (χ1v) is 6.27. The van der Waals surface area contributed by atoms with Crippen molar-refractivity contribution in [2.75, 3.05) is 0 Å². The maximum Gasteiger partial charge on any atom is 0.235 e. The molecule has 0 spiro atoms. The van der Waals surface area contributed by atoms with E-state index >= 15 is 0 Å². The monoisotopic (exact) mass is 254 g/mol. The van der Waals surface area contributed by atoms with E-state index in [-0.39, 0.29) is 0 Å². The molecule has 0 fully saturated rings. The number of nitrogens with zero attached hydrogens (tertiary/aromatic N) is 2. The third kappa shape index (κ3) is 2.57. The number of hydrogen-bond donors (Lipinski definition) is 0. The second kappa shape index (κ2) is 5.10. The van der Waals surface area contributed by atoms with Crippen molar-refractivity contribution in [3.63, 3.8) is 0 Å². The van der Waals surface area contributed by atoms with Crippen LogP contribution in [0.4, 0.5) is 0 Å². The Bertz CT molecular complexity index is 658. The molecule has 0 aliphatic heterocycles. The molecule has 0 amide bonds. The highest BCUT2D eigenvalue weighted by molar-refractivity contribution is 5.66. The minimum absolute atomic E-state index is 0.309. The van der Waals surface area contributed by atoms with Crippen molar-refractivity contribution in [1.29, 1.82) is 0 Å². The van der Waals surface area contributed by atoms with Crippen molar-refractivity contribution in [2.24, 2.45) is 0 Å². The van der Waals surface area contributed by atoms with Crippen LogP contribution in [0.1, 0.15) is 18.4 Å². The lowest BCUT2D eigenvalue weighted by Gasteiger charge is -2.04. The molecule has 4 nitrogen and oxygen atoms in total. The molecule has 1 aromatic carbocycles. The molecule has 3 aromatic rings. The number of hydrogen-bond acceptors (Lipinski definition) is 4. The van der Waals surface area contributed by atoms with E-state index < -0.39 is 0 Å². The molecule has 0 saturated carbocycles. The Morgan fingerprint density at radius 3 is 3.00 bits per heavy atom. The number of aromatic nitrogens is 2. The van der Waals surface area contributed by atoms with Crippen LogP contribution >= 0.6 is 0 Å². The van der Waals surface area contributed by atoms with Gasteiger partial charge in [0.05, 0.1) is 0 Å². The van der Waals surface area contributed by atoms with Crippen molar-refractivity contribution < 1.29 is 9.15 Å². The summed E-state index contributed by atoms with van der Waals surface area (Å²) in [5.74, 6) is 1.37. The summed E-state index contributed by atoms with van der Waals surface area (Å²) < 4.78 is 11.2. The van der Waals surface area contributed by atoms with Gasteiger partial charge in [0.25, 0.3) is 0 Å². The minimum atomic E-state index is 0.309. The summed E-state index contributed by atoms with van der Waals surface area (Å²) in [4.78, 5) is 8.39. The number of pyridine rings is 1. The molecule has 2 aromatic heterocycles. The smallest absolute Gasteiger partial charge is 0.235 e. The normalized spacial score (nSPS) is 10.8. The molecule has 0 unspecified atom stereocenters. The Labute approximate surface area is 111 Å². The summed E-state index contributed by atoms with van der Waals surface area (Å²) in [6, 6.07) is 11.7. The van der Waals surface area contributed by atoms with E-state index in [9.17, 15) is 0 Å². The molecule has 0 aliphatic rings. The molecule has 4 heteroatoms. The first-order valence-electron chi connectivity index (χ1n) is 6.27. The molecule has 0 aliphatic carbocycles. The maximum atomic E-state index is 5.68. The zero-order valence-corrected chi connectivity index (χ0v) is 10.7. The average Bonchev–Trinajstić information content (AvgIpc) is 2.88. The Morgan fingerprint density at radius 1 is 1.21 bits per heavy atom. The van der Waals surface area contributed by atoms with Crippen LogP contribution in [0.2, 0.25) is 0 Å². The highest BCUT2D eigenvalue weighted by Gasteiger charge is 2.06. The maximum absolute atomic E-state index is 5.68. The highest BCUT2D eigenvalue weighted by Crippen LogP contribution is 2.17. The Hall–Kier alpha value is -2.36. The van der Waals surface area contributed by atoms with Crippen LogP contribution in [0.3, 0.4) is 0 Å². The number of oxazole rings is 1. The first kappa shape index (κ1) is 11.7. The third-order valence-electron chi connectivity index (χ3n) is 2.88. The van der Waals surface area contributed by atoms with Gasteiger partial charge in [-0.15, -0.1) is 0 Å². The number of benzene rings is 1. The van der Waals surface area contributed by atoms with Gasteiger partial charge < -0.3 is 9.15 Å². The highest BCUT2D eigenvalue weighted by atomic mass is 16.5. The van der Waals surface area contributed by atoms with Gasteiger partial charge in [0.1, 0.15) is 5.75 Å². The number of ether oxygens (including phenoxy) is 1. The van der Waals surface area contributed by atoms with E-state index in [1.165, 1.54) is 5.56 Å². The van der Waals surface area contributed by atoms with Gasteiger partial charge in [-0.25, -0.2) is 4.98 Å². The standard InChI is InChI=1S/C15H14N2O2/c1-2-11-5-3-6-12(9-11)18-10-14-17-15-13(19-14)7-4-8-16-15/h3-9H,2,10H2,1H3. The first-order chi connectivity index (χ1) is 9.35. The van der Waals surface area contributed by atoms with Gasteiger partial charge in [-0.3, -0.25) is 0 Å². The lowest BCUT2D eigenvalue weighted by atomic mass is 10.2. The van der Waals surface area contributed by atoms with Crippen LogP contribution in [0.25, 0.3) is 11.2 Å². The van der Waals surface area contributed by atoms with Crippen LogP contribution in [-0.2, 0) is 13.0 Å². The lowest BCUT2D eigenvalue weighted by Crippen LogP contribution is -1.96. The van der Waals surface area contributed by atoms with Gasteiger partial charge in [-0.05, 0) is 36.2 Å². The second-order valence-electron chi connectivity index (χ2n) is 4.22. The Kier molecular flexibility index (Phi) is 3.14. The van der Waals surface area contributed by atoms with Crippen molar-refractivity contribution in [3.05, 3.63) is 54.0 Å². The molecule has 96 valence electrons. The fourth-order valence-electron chi connectivity index (χ4n) is 1.88. The predicted molar refractivity (Wildman–Crippen MR) is 72.0 cm³/mol. The molecular formula is C15H14N2O2. The van der Waals surface area contributed by atoms with Crippen molar-refractivity contribution >= 4 is 11.2 Å². The van der Waals surface area contributed by atoms with E-state index in [0.29, 0.717) is 23.7 Å². The summed E-state index contributed by atoms with van der Waals surface area (Å²) in [6.07, 6.45) is 2.68. The predicted octanol–water partition coefficient (Wildman–Crippen LogP) is 3.36. The van der Waals surface area contributed by atoms with E-state index in [0.717, 1.165) is 12.2 Å². The Balaban J connectivity index is 1.74. The molecule has 19 heavy (non-hydrogen) atoms. The molecule has 0 atom stereocenters. The van der Waals surface area contributed by atoms with E-state index in [4.69, 9.17) is 9.15 Å². The van der Waals surface area contributed by atoms with Gasteiger partial charge in [-0.2, -0.15) is 4.98 Å². The fraction of sp³-hybridized carbons (Fsp3) is 0.200. The molecule has 0 bridgehead atoms. The molecule has 0 radical (unpaired) electrons. The lowest BCUT2D eigenvalue weighted by molar-refractivity contribution is 0.267. The number of fused-ring (bicyclic) bond motifs is 1. The zero-order chi connectivity index (χ0) is 13.1. The van der Waals surface area contributed by atoms with Gasteiger partial charge in [-0.1, -0.05) is 19.1 Å². The largest absolute Gasteiger partial charge is 0.484 e. The molecule has 0 saturated heterocycles. The summed E-state index contributed by atoms with van der Waals surface area (Å²) in [5, 5.41) is 0. The third-order valence-corrected chi connectivity index (χ3v) is 2.88. The van der Waals surface area contributed by atoms with Gasteiger partial charge in [0.2, 0.25) is 5.89 Å². The van der Waals surface area contributed by atoms with Crippen LogP contribution in [0, 0.1) is 0 Å². The quantitative estimate of drug-likeness (QED) is 0.716. The summed E-state index contributed by atoms with van der Waals surface area (Å²) in [7, 11) is 0. The van der Waals surface area contributed by atoms with E-state index in [2.05, 4.69) is 23.0 Å². The van der Waals surface area contributed by atoms with E-state index in [1.807, 2.05) is 30.3 Å².